The molecule has 114 valence electrons. The summed E-state index contributed by atoms with van der Waals surface area (Å²) in [4.78, 5) is 33.3. The van der Waals surface area contributed by atoms with Gasteiger partial charge in [-0.2, -0.15) is 0 Å². The van der Waals surface area contributed by atoms with E-state index >= 15 is 0 Å². The summed E-state index contributed by atoms with van der Waals surface area (Å²) in [6.07, 6.45) is 0. The van der Waals surface area contributed by atoms with Gasteiger partial charge in [0.05, 0.1) is 10.2 Å². The number of rotatable bonds is 5. The highest BCUT2D eigenvalue weighted by Gasteiger charge is 2.21. The van der Waals surface area contributed by atoms with Crippen molar-refractivity contribution >= 4 is 39.6 Å². The fraction of sp³-hybridized carbons (Fsp3) is 0.182. The highest BCUT2D eigenvalue weighted by molar-refractivity contribution is 9.10. The van der Waals surface area contributed by atoms with Crippen LogP contribution in [0, 0.1) is 11.6 Å². The van der Waals surface area contributed by atoms with E-state index in [9.17, 15) is 23.2 Å². The van der Waals surface area contributed by atoms with Crippen molar-refractivity contribution in [2.24, 2.45) is 0 Å². The van der Waals surface area contributed by atoms with E-state index in [1.54, 1.807) is 0 Å². The Balaban J connectivity index is 2.93. The van der Waals surface area contributed by atoms with E-state index in [0.29, 0.717) is 11.0 Å². The molecule has 0 radical (unpaired) electrons. The van der Waals surface area contributed by atoms with E-state index < -0.39 is 48.4 Å². The quantitative estimate of drug-likeness (QED) is 0.688. The lowest BCUT2D eigenvalue weighted by molar-refractivity contribution is -0.140. The van der Waals surface area contributed by atoms with Gasteiger partial charge in [0, 0.05) is 6.07 Å². The number of hydrogen-bond donors (Lipinski definition) is 3. The molecule has 21 heavy (non-hydrogen) atoms. The molecule has 0 atom stereocenters. The topological polar surface area (TPSA) is 107 Å². The maximum absolute atomic E-state index is 13.5. The first-order chi connectivity index (χ1) is 9.70. The fourth-order valence-corrected chi connectivity index (χ4v) is 1.65. The van der Waals surface area contributed by atoms with Crippen molar-refractivity contribution in [1.29, 1.82) is 0 Å². The molecule has 0 spiro atoms. The average molecular weight is 367 g/mol. The van der Waals surface area contributed by atoms with Crippen LogP contribution < -0.4 is 5.32 Å². The van der Waals surface area contributed by atoms with Crippen LogP contribution in [-0.4, -0.2) is 46.2 Å². The number of hydrogen-bond acceptors (Lipinski definition) is 3. The van der Waals surface area contributed by atoms with Crippen LogP contribution in [0.25, 0.3) is 0 Å². The molecule has 7 nitrogen and oxygen atoms in total. The summed E-state index contributed by atoms with van der Waals surface area (Å²) in [7, 11) is 0. The van der Waals surface area contributed by atoms with E-state index in [1.807, 2.05) is 5.32 Å². The minimum Gasteiger partial charge on any atom is -0.480 e. The van der Waals surface area contributed by atoms with Crippen LogP contribution in [0.2, 0.25) is 0 Å². The van der Waals surface area contributed by atoms with Gasteiger partial charge in [-0.1, -0.05) is 0 Å². The van der Waals surface area contributed by atoms with Crippen molar-refractivity contribution in [3.63, 3.8) is 0 Å². The molecule has 0 aliphatic rings. The summed E-state index contributed by atoms with van der Waals surface area (Å²) in [6, 6.07) is 0.265. The van der Waals surface area contributed by atoms with Crippen molar-refractivity contribution in [1.82, 2.24) is 4.90 Å². The number of anilines is 1. The van der Waals surface area contributed by atoms with Gasteiger partial charge in [-0.25, -0.2) is 13.6 Å². The summed E-state index contributed by atoms with van der Waals surface area (Å²) < 4.78 is 26.6. The van der Waals surface area contributed by atoms with Gasteiger partial charge in [-0.05, 0) is 22.0 Å². The third-order valence-corrected chi connectivity index (χ3v) is 2.80. The third-order valence-electron chi connectivity index (χ3n) is 2.19. The lowest BCUT2D eigenvalue weighted by Crippen LogP contribution is -2.42. The van der Waals surface area contributed by atoms with Crippen molar-refractivity contribution in [2.75, 3.05) is 18.4 Å². The van der Waals surface area contributed by atoms with Crippen molar-refractivity contribution in [3.8, 4) is 0 Å². The van der Waals surface area contributed by atoms with Crippen LogP contribution in [0.1, 0.15) is 0 Å². The Morgan fingerprint density at radius 1 is 1.10 bits per heavy atom. The molecule has 0 aliphatic carbocycles. The molecule has 10 heteroatoms. The lowest BCUT2D eigenvalue weighted by Gasteiger charge is -2.19. The highest BCUT2D eigenvalue weighted by atomic mass is 79.9. The number of carbonyl (C=O) groups excluding carboxylic acids is 1. The smallest absolute Gasteiger partial charge is 0.323 e. The van der Waals surface area contributed by atoms with Crippen LogP contribution >= 0.6 is 15.9 Å². The predicted molar refractivity (Wildman–Crippen MR) is 69.9 cm³/mol. The van der Waals surface area contributed by atoms with Gasteiger partial charge in [-0.3, -0.25) is 9.59 Å². The van der Waals surface area contributed by atoms with Crippen molar-refractivity contribution < 1.29 is 33.4 Å². The van der Waals surface area contributed by atoms with Gasteiger partial charge >= 0.3 is 18.0 Å². The largest absolute Gasteiger partial charge is 0.480 e. The molecule has 3 N–H and O–H groups in total. The summed E-state index contributed by atoms with van der Waals surface area (Å²) >= 11 is 2.75. The Kier molecular flexibility index (Phi) is 5.59. The second kappa shape index (κ2) is 6.97. The Hall–Kier alpha value is -2.23. The van der Waals surface area contributed by atoms with Crippen LogP contribution in [-0.2, 0) is 9.59 Å². The highest BCUT2D eigenvalue weighted by Crippen LogP contribution is 2.23. The van der Waals surface area contributed by atoms with E-state index in [4.69, 9.17) is 10.2 Å². The average Bonchev–Trinajstić information content (AvgIpc) is 2.33. The third kappa shape index (κ3) is 4.99. The Labute approximate surface area is 125 Å². The number of nitrogens with one attached hydrogen (secondary N) is 1. The predicted octanol–water partition coefficient (Wildman–Crippen LogP) is 1.73. The molecule has 1 aromatic carbocycles. The van der Waals surface area contributed by atoms with Crippen LogP contribution in [0.3, 0.4) is 0 Å². The Bertz CT molecular complexity index is 580. The Morgan fingerprint density at radius 2 is 1.62 bits per heavy atom. The standard InChI is InChI=1S/C11H9BrF2N2O5/c12-5-1-7(14)8(2-6(5)13)15-11(21)16(3-9(17)18)4-10(19)20/h1-2H,3-4H2,(H,15,21)(H,17,18)(H,19,20). The van der Waals surface area contributed by atoms with Gasteiger partial charge < -0.3 is 20.4 Å². The normalized spacial score (nSPS) is 10.0. The molecule has 0 saturated carbocycles. The van der Waals surface area contributed by atoms with E-state index in [-0.39, 0.29) is 4.47 Å². The summed E-state index contributed by atoms with van der Waals surface area (Å²) in [5.41, 5.74) is -0.540. The summed E-state index contributed by atoms with van der Waals surface area (Å²) in [6.45, 7) is -1.81. The van der Waals surface area contributed by atoms with Gasteiger partial charge in [0.25, 0.3) is 0 Å². The van der Waals surface area contributed by atoms with Gasteiger partial charge in [0.2, 0.25) is 0 Å². The second-order valence-electron chi connectivity index (χ2n) is 3.82. The number of benzene rings is 1. The molecule has 0 heterocycles. The van der Waals surface area contributed by atoms with Gasteiger partial charge in [-0.15, -0.1) is 0 Å². The number of amides is 2. The molecule has 0 fully saturated rings. The Morgan fingerprint density at radius 3 is 2.10 bits per heavy atom. The molecule has 1 rings (SSSR count). The van der Waals surface area contributed by atoms with Crippen LogP contribution in [0.5, 0.6) is 0 Å². The monoisotopic (exact) mass is 366 g/mol. The first-order valence-corrected chi connectivity index (χ1v) is 6.14. The zero-order valence-corrected chi connectivity index (χ0v) is 11.9. The van der Waals surface area contributed by atoms with E-state index in [1.165, 1.54) is 0 Å². The van der Waals surface area contributed by atoms with Gasteiger partial charge in [0.1, 0.15) is 24.7 Å². The minimum atomic E-state index is -1.45. The molecule has 2 amide bonds. The fourth-order valence-electron chi connectivity index (χ4n) is 1.34. The first kappa shape index (κ1) is 16.8. The summed E-state index contributed by atoms with van der Waals surface area (Å²) in [5, 5.41) is 19.1. The van der Waals surface area contributed by atoms with Crippen molar-refractivity contribution in [2.45, 2.75) is 0 Å². The van der Waals surface area contributed by atoms with Crippen LogP contribution in [0.4, 0.5) is 19.3 Å². The SMILES string of the molecule is O=C(O)CN(CC(=O)O)C(=O)Nc1cc(F)c(Br)cc1F. The molecule has 0 saturated heterocycles. The van der Waals surface area contributed by atoms with E-state index in [0.717, 1.165) is 6.07 Å². The number of aliphatic carboxylic acids is 2. The van der Waals surface area contributed by atoms with Crippen molar-refractivity contribution in [3.05, 3.63) is 28.2 Å². The van der Waals surface area contributed by atoms with Gasteiger partial charge in [0.15, 0.2) is 0 Å². The molecule has 0 bridgehead atoms. The van der Waals surface area contributed by atoms with Crippen LogP contribution in [0.15, 0.2) is 16.6 Å². The molecule has 0 unspecified atom stereocenters. The molecule has 1 aromatic rings. The molecule has 0 aromatic heterocycles. The molecule has 0 aliphatic heterocycles. The zero-order chi connectivity index (χ0) is 16.2. The minimum absolute atomic E-state index is 0.161. The number of carboxylic acid groups (broad SMARTS) is 2. The summed E-state index contributed by atoms with van der Waals surface area (Å²) in [5.74, 6) is -4.72. The number of urea groups is 1. The number of nitrogens with zero attached hydrogens (tertiary/aromatic N) is 1. The lowest BCUT2D eigenvalue weighted by atomic mass is 10.3. The maximum Gasteiger partial charge on any atom is 0.323 e. The first-order valence-electron chi connectivity index (χ1n) is 5.34. The number of halogens is 3. The molecular weight excluding hydrogens is 358 g/mol. The molecular formula is C11H9BrF2N2O5. The number of carboxylic acids is 2. The number of carbonyl (C=O) groups is 3. The van der Waals surface area contributed by atoms with E-state index in [2.05, 4.69) is 15.9 Å². The zero-order valence-electron chi connectivity index (χ0n) is 10.3. The second-order valence-corrected chi connectivity index (χ2v) is 4.67. The maximum atomic E-state index is 13.5.